The van der Waals surface area contributed by atoms with Crippen LogP contribution in [0, 0.1) is 0 Å². The summed E-state index contributed by atoms with van der Waals surface area (Å²) < 4.78 is 10.4. The molecule has 1 aliphatic rings. The van der Waals surface area contributed by atoms with Crippen LogP contribution in [0.1, 0.15) is 6.42 Å². The van der Waals surface area contributed by atoms with Crippen molar-refractivity contribution >= 4 is 0 Å². The Morgan fingerprint density at radius 3 is 2.81 bits per heavy atom. The molecule has 0 amide bonds. The molecule has 0 aromatic carbocycles. The molecule has 1 fully saturated rings. The average Bonchev–Trinajstić information content (AvgIpc) is 2.31. The Kier molecular flexibility index (Phi) is 7.71. The maximum Gasteiger partial charge on any atom is 0.0616 e. The number of aliphatic hydroxyl groups is 1. The van der Waals surface area contributed by atoms with Crippen LogP contribution >= 0.6 is 0 Å². The van der Waals surface area contributed by atoms with Gasteiger partial charge in [0.05, 0.1) is 19.8 Å². The molecule has 1 unspecified atom stereocenters. The quantitative estimate of drug-likeness (QED) is 0.580. The van der Waals surface area contributed by atoms with Crippen molar-refractivity contribution in [2.75, 3.05) is 59.7 Å². The number of hydrogen-bond donors (Lipinski definition) is 2. The van der Waals surface area contributed by atoms with Crippen LogP contribution in [0.15, 0.2) is 0 Å². The van der Waals surface area contributed by atoms with Crippen LogP contribution in [0.2, 0.25) is 0 Å². The van der Waals surface area contributed by atoms with Gasteiger partial charge in [-0.05, 0) is 6.42 Å². The number of ether oxygens (including phenoxy) is 2. The first-order valence-corrected chi connectivity index (χ1v) is 6.00. The van der Waals surface area contributed by atoms with Gasteiger partial charge in [0.1, 0.15) is 0 Å². The largest absolute Gasteiger partial charge is 0.396 e. The van der Waals surface area contributed by atoms with Crippen LogP contribution in [-0.4, -0.2) is 75.8 Å². The molecule has 16 heavy (non-hydrogen) atoms. The number of hydrogen-bond acceptors (Lipinski definition) is 5. The second-order valence-electron chi connectivity index (χ2n) is 4.07. The first-order valence-electron chi connectivity index (χ1n) is 6.00. The summed E-state index contributed by atoms with van der Waals surface area (Å²) in [7, 11) is 1.69. The standard InChI is InChI=1S/C11H24N2O3/c1-15-10-11(2-7-14)12-3-4-13-5-8-16-9-6-13/h11-12,14H,2-10H2,1H3. The number of nitrogens with one attached hydrogen (secondary N) is 1. The Bertz CT molecular complexity index is 157. The van der Waals surface area contributed by atoms with Gasteiger partial charge in [0.2, 0.25) is 0 Å². The van der Waals surface area contributed by atoms with Gasteiger partial charge in [0, 0.05) is 45.9 Å². The topological polar surface area (TPSA) is 54.0 Å². The molecular weight excluding hydrogens is 208 g/mol. The minimum Gasteiger partial charge on any atom is -0.396 e. The van der Waals surface area contributed by atoms with E-state index in [1.165, 1.54) is 0 Å². The number of nitrogens with zero attached hydrogens (tertiary/aromatic N) is 1. The molecular formula is C11H24N2O3. The highest BCUT2D eigenvalue weighted by molar-refractivity contribution is 4.68. The van der Waals surface area contributed by atoms with Gasteiger partial charge in [-0.2, -0.15) is 0 Å². The Balaban J connectivity index is 2.06. The monoisotopic (exact) mass is 232 g/mol. The van der Waals surface area contributed by atoms with E-state index in [0.29, 0.717) is 6.61 Å². The van der Waals surface area contributed by atoms with Gasteiger partial charge in [-0.3, -0.25) is 4.90 Å². The van der Waals surface area contributed by atoms with Crippen molar-refractivity contribution in [2.24, 2.45) is 0 Å². The van der Waals surface area contributed by atoms with E-state index in [4.69, 9.17) is 14.6 Å². The van der Waals surface area contributed by atoms with Crippen molar-refractivity contribution in [3.63, 3.8) is 0 Å². The molecule has 96 valence electrons. The molecule has 0 aliphatic carbocycles. The summed E-state index contributed by atoms with van der Waals surface area (Å²) in [4.78, 5) is 2.39. The van der Waals surface area contributed by atoms with Crippen LogP contribution in [0.4, 0.5) is 0 Å². The van der Waals surface area contributed by atoms with E-state index in [2.05, 4.69) is 10.2 Å². The Labute approximate surface area is 97.7 Å². The van der Waals surface area contributed by atoms with E-state index >= 15 is 0 Å². The van der Waals surface area contributed by atoms with Crippen molar-refractivity contribution < 1.29 is 14.6 Å². The van der Waals surface area contributed by atoms with Crippen LogP contribution in [-0.2, 0) is 9.47 Å². The molecule has 0 bridgehead atoms. The smallest absolute Gasteiger partial charge is 0.0616 e. The van der Waals surface area contributed by atoms with Gasteiger partial charge in [0.15, 0.2) is 0 Å². The first kappa shape index (κ1) is 13.9. The molecule has 2 N–H and O–H groups in total. The summed E-state index contributed by atoms with van der Waals surface area (Å²) in [6.07, 6.45) is 0.747. The third-order valence-corrected chi connectivity index (χ3v) is 2.81. The van der Waals surface area contributed by atoms with Crippen molar-refractivity contribution in [2.45, 2.75) is 12.5 Å². The summed E-state index contributed by atoms with van der Waals surface area (Å²) in [5.74, 6) is 0. The van der Waals surface area contributed by atoms with Crippen molar-refractivity contribution in [1.82, 2.24) is 10.2 Å². The van der Waals surface area contributed by atoms with E-state index in [1.807, 2.05) is 0 Å². The molecule has 1 aliphatic heterocycles. The molecule has 1 saturated heterocycles. The fourth-order valence-electron chi connectivity index (χ4n) is 1.85. The summed E-state index contributed by atoms with van der Waals surface area (Å²) in [5, 5.41) is 12.3. The van der Waals surface area contributed by atoms with Gasteiger partial charge in [0.25, 0.3) is 0 Å². The van der Waals surface area contributed by atoms with Crippen LogP contribution < -0.4 is 5.32 Å². The number of aliphatic hydroxyl groups excluding tert-OH is 1. The second kappa shape index (κ2) is 8.90. The van der Waals surface area contributed by atoms with Crippen LogP contribution in [0.3, 0.4) is 0 Å². The molecule has 1 heterocycles. The van der Waals surface area contributed by atoms with Crippen molar-refractivity contribution in [3.8, 4) is 0 Å². The summed E-state index contributed by atoms with van der Waals surface area (Å²) in [6, 6.07) is 0.260. The minimum absolute atomic E-state index is 0.207. The predicted octanol–water partition coefficient (Wildman–Crippen LogP) is -0.694. The zero-order chi connectivity index (χ0) is 11.6. The van der Waals surface area contributed by atoms with E-state index in [1.54, 1.807) is 7.11 Å². The lowest BCUT2D eigenvalue weighted by Gasteiger charge is -2.27. The number of rotatable bonds is 8. The summed E-state index contributed by atoms with van der Waals surface area (Å²) in [5.41, 5.74) is 0. The van der Waals surface area contributed by atoms with Crippen LogP contribution in [0.25, 0.3) is 0 Å². The molecule has 5 nitrogen and oxygen atoms in total. The minimum atomic E-state index is 0.207. The number of methoxy groups -OCH3 is 1. The fourth-order valence-corrected chi connectivity index (χ4v) is 1.85. The maximum atomic E-state index is 8.89. The fraction of sp³-hybridized carbons (Fsp3) is 1.00. The molecule has 0 saturated carbocycles. The Hall–Kier alpha value is -0.200. The van der Waals surface area contributed by atoms with Crippen LogP contribution in [0.5, 0.6) is 0 Å². The molecule has 1 atom stereocenters. The summed E-state index contributed by atoms with van der Waals surface area (Å²) >= 11 is 0. The molecule has 0 aromatic heterocycles. The maximum absolute atomic E-state index is 8.89. The van der Waals surface area contributed by atoms with E-state index in [9.17, 15) is 0 Å². The third kappa shape index (κ3) is 5.77. The zero-order valence-electron chi connectivity index (χ0n) is 10.2. The van der Waals surface area contributed by atoms with Gasteiger partial charge in [-0.25, -0.2) is 0 Å². The van der Waals surface area contributed by atoms with Gasteiger partial charge in [-0.15, -0.1) is 0 Å². The lowest BCUT2D eigenvalue weighted by Crippen LogP contribution is -2.43. The van der Waals surface area contributed by atoms with Crippen molar-refractivity contribution in [1.29, 1.82) is 0 Å². The first-order chi connectivity index (χ1) is 7.86. The van der Waals surface area contributed by atoms with Gasteiger partial charge < -0.3 is 19.9 Å². The lowest BCUT2D eigenvalue weighted by atomic mass is 10.2. The highest BCUT2D eigenvalue weighted by Crippen LogP contribution is 1.96. The van der Waals surface area contributed by atoms with Gasteiger partial charge in [-0.1, -0.05) is 0 Å². The molecule has 5 heteroatoms. The van der Waals surface area contributed by atoms with E-state index in [-0.39, 0.29) is 12.6 Å². The van der Waals surface area contributed by atoms with E-state index < -0.39 is 0 Å². The van der Waals surface area contributed by atoms with Crippen molar-refractivity contribution in [3.05, 3.63) is 0 Å². The highest BCUT2D eigenvalue weighted by Gasteiger charge is 2.11. The normalized spacial score (nSPS) is 19.9. The highest BCUT2D eigenvalue weighted by atomic mass is 16.5. The molecule has 0 aromatic rings. The molecule has 0 spiro atoms. The zero-order valence-corrected chi connectivity index (χ0v) is 10.2. The molecule has 0 radical (unpaired) electrons. The second-order valence-corrected chi connectivity index (χ2v) is 4.07. The average molecular weight is 232 g/mol. The lowest BCUT2D eigenvalue weighted by molar-refractivity contribution is 0.0374. The van der Waals surface area contributed by atoms with Gasteiger partial charge >= 0.3 is 0 Å². The Morgan fingerprint density at radius 1 is 1.44 bits per heavy atom. The predicted molar refractivity (Wildman–Crippen MR) is 62.6 cm³/mol. The SMILES string of the molecule is COCC(CCO)NCCN1CCOCC1. The Morgan fingerprint density at radius 2 is 2.19 bits per heavy atom. The summed E-state index contributed by atoms with van der Waals surface area (Å²) in [6.45, 7) is 6.58. The number of morpholine rings is 1. The van der Waals surface area contributed by atoms with E-state index in [0.717, 1.165) is 45.8 Å². The molecule has 1 rings (SSSR count). The third-order valence-electron chi connectivity index (χ3n) is 2.81.